The molecule has 1 aromatic carbocycles. The molecule has 1 aromatic rings. The van der Waals surface area contributed by atoms with Crippen molar-refractivity contribution in [2.45, 2.75) is 12.8 Å². The second-order valence-electron chi connectivity index (χ2n) is 4.35. The van der Waals surface area contributed by atoms with E-state index in [4.69, 9.17) is 14.6 Å². The van der Waals surface area contributed by atoms with Crippen molar-refractivity contribution in [3.63, 3.8) is 0 Å². The second-order valence-corrected chi connectivity index (χ2v) is 4.35. The summed E-state index contributed by atoms with van der Waals surface area (Å²) in [6.45, 7) is 2.31. The summed E-state index contributed by atoms with van der Waals surface area (Å²) in [6.07, 6.45) is 2.15. The third-order valence-electron chi connectivity index (χ3n) is 2.97. The molecule has 2 rings (SSSR count). The van der Waals surface area contributed by atoms with Gasteiger partial charge in [0.1, 0.15) is 12.4 Å². The summed E-state index contributed by atoms with van der Waals surface area (Å²) in [7, 11) is 0. The lowest BCUT2D eigenvalue weighted by Crippen LogP contribution is -2.21. The minimum atomic E-state index is -0.118. The quantitative estimate of drug-likeness (QED) is 0.827. The highest BCUT2D eigenvalue weighted by Crippen LogP contribution is 2.18. The number of hydrogen-bond donors (Lipinski definition) is 1. The van der Waals surface area contributed by atoms with Crippen LogP contribution in [0.1, 0.15) is 18.4 Å². The van der Waals surface area contributed by atoms with Gasteiger partial charge in [-0.15, -0.1) is 0 Å². The number of hydrogen-bond acceptors (Lipinski definition) is 3. The fourth-order valence-electron chi connectivity index (χ4n) is 1.93. The minimum Gasteiger partial charge on any atom is -0.493 e. The molecule has 0 unspecified atom stereocenters. The van der Waals surface area contributed by atoms with E-state index in [1.165, 1.54) is 0 Å². The first-order valence-electron chi connectivity index (χ1n) is 6.29. The zero-order valence-electron chi connectivity index (χ0n) is 10.4. The van der Waals surface area contributed by atoms with E-state index < -0.39 is 0 Å². The Morgan fingerprint density at radius 1 is 1.33 bits per heavy atom. The Bertz CT molecular complexity index is 425. The van der Waals surface area contributed by atoms with Gasteiger partial charge >= 0.3 is 0 Å². The van der Waals surface area contributed by atoms with Crippen LogP contribution in [0.3, 0.4) is 0 Å². The molecule has 0 saturated carbocycles. The highest BCUT2D eigenvalue weighted by Gasteiger charge is 2.14. The van der Waals surface area contributed by atoms with Gasteiger partial charge in [0.15, 0.2) is 0 Å². The molecule has 0 aromatic heterocycles. The van der Waals surface area contributed by atoms with Crippen molar-refractivity contribution in [3.05, 3.63) is 29.8 Å². The zero-order valence-corrected chi connectivity index (χ0v) is 10.4. The monoisotopic (exact) mass is 246 g/mol. The molecule has 18 heavy (non-hydrogen) atoms. The molecule has 3 nitrogen and oxygen atoms in total. The Morgan fingerprint density at radius 2 is 2.17 bits per heavy atom. The molecule has 0 aliphatic carbocycles. The fraction of sp³-hybridized carbons (Fsp3) is 0.467. The predicted molar refractivity (Wildman–Crippen MR) is 69.4 cm³/mol. The topological polar surface area (TPSA) is 38.7 Å². The molecule has 0 spiro atoms. The average Bonchev–Trinajstić information content (AvgIpc) is 2.44. The van der Waals surface area contributed by atoms with Crippen LogP contribution in [-0.2, 0) is 4.74 Å². The van der Waals surface area contributed by atoms with Crippen molar-refractivity contribution in [1.82, 2.24) is 0 Å². The molecule has 1 heterocycles. The Hall–Kier alpha value is -1.50. The lowest BCUT2D eigenvalue weighted by Gasteiger charge is -2.22. The van der Waals surface area contributed by atoms with Gasteiger partial charge in [0.2, 0.25) is 0 Å². The van der Waals surface area contributed by atoms with Gasteiger partial charge in [0.05, 0.1) is 6.61 Å². The van der Waals surface area contributed by atoms with Crippen LogP contribution >= 0.6 is 0 Å². The lowest BCUT2D eigenvalue weighted by atomic mass is 10.0. The van der Waals surface area contributed by atoms with Crippen LogP contribution in [0.4, 0.5) is 0 Å². The maximum absolute atomic E-state index is 8.65. The molecule has 1 aliphatic rings. The lowest BCUT2D eigenvalue weighted by molar-refractivity contribution is 0.0497. The minimum absolute atomic E-state index is 0.118. The molecule has 3 heteroatoms. The number of aliphatic hydroxyl groups is 1. The summed E-state index contributed by atoms with van der Waals surface area (Å²) < 4.78 is 11.1. The van der Waals surface area contributed by atoms with Crippen LogP contribution in [0.2, 0.25) is 0 Å². The van der Waals surface area contributed by atoms with Crippen LogP contribution in [-0.4, -0.2) is 31.5 Å². The fourth-order valence-corrected chi connectivity index (χ4v) is 1.93. The van der Waals surface area contributed by atoms with E-state index in [9.17, 15) is 0 Å². The van der Waals surface area contributed by atoms with E-state index in [0.29, 0.717) is 5.92 Å². The van der Waals surface area contributed by atoms with E-state index in [1.54, 1.807) is 0 Å². The Kier molecular flexibility index (Phi) is 5.07. The third-order valence-corrected chi connectivity index (χ3v) is 2.97. The summed E-state index contributed by atoms with van der Waals surface area (Å²) in [5.74, 6) is 6.93. The van der Waals surface area contributed by atoms with Gasteiger partial charge in [-0.3, -0.25) is 0 Å². The van der Waals surface area contributed by atoms with E-state index in [2.05, 4.69) is 11.8 Å². The number of aliphatic hydroxyl groups excluding tert-OH is 1. The number of ether oxygens (including phenoxy) is 2. The second kappa shape index (κ2) is 7.05. The molecule has 0 atom stereocenters. The van der Waals surface area contributed by atoms with Crippen molar-refractivity contribution in [1.29, 1.82) is 0 Å². The first kappa shape index (κ1) is 12.9. The van der Waals surface area contributed by atoms with E-state index in [-0.39, 0.29) is 6.61 Å². The van der Waals surface area contributed by atoms with Crippen molar-refractivity contribution < 1.29 is 14.6 Å². The zero-order chi connectivity index (χ0) is 12.6. The van der Waals surface area contributed by atoms with Crippen LogP contribution in [0.15, 0.2) is 24.3 Å². The Labute approximate surface area is 108 Å². The SMILES string of the molecule is OCC#Cc1cccc(OCC2CCOCC2)c1. The summed E-state index contributed by atoms with van der Waals surface area (Å²) >= 11 is 0. The normalized spacial score (nSPS) is 15.8. The van der Waals surface area contributed by atoms with Crippen molar-refractivity contribution >= 4 is 0 Å². The maximum Gasteiger partial charge on any atom is 0.120 e. The first-order chi connectivity index (χ1) is 8.88. The van der Waals surface area contributed by atoms with Gasteiger partial charge in [-0.25, -0.2) is 0 Å². The van der Waals surface area contributed by atoms with Crippen molar-refractivity contribution in [3.8, 4) is 17.6 Å². The van der Waals surface area contributed by atoms with Gasteiger partial charge in [0, 0.05) is 18.8 Å². The van der Waals surface area contributed by atoms with Crippen molar-refractivity contribution in [2.24, 2.45) is 5.92 Å². The summed E-state index contributed by atoms with van der Waals surface area (Å²) in [5, 5.41) is 8.65. The molecule has 0 amide bonds. The molecule has 0 bridgehead atoms. The van der Waals surface area contributed by atoms with Crippen LogP contribution in [0.25, 0.3) is 0 Å². The molecular weight excluding hydrogens is 228 g/mol. The van der Waals surface area contributed by atoms with Gasteiger partial charge in [-0.05, 0) is 37.0 Å². The number of rotatable bonds is 3. The smallest absolute Gasteiger partial charge is 0.120 e. The molecular formula is C15H18O3. The molecule has 1 saturated heterocycles. The van der Waals surface area contributed by atoms with Gasteiger partial charge in [0.25, 0.3) is 0 Å². The Balaban J connectivity index is 1.88. The van der Waals surface area contributed by atoms with E-state index in [0.717, 1.165) is 44.0 Å². The third kappa shape index (κ3) is 4.06. The highest BCUT2D eigenvalue weighted by molar-refractivity contribution is 5.39. The van der Waals surface area contributed by atoms with E-state index >= 15 is 0 Å². The molecule has 1 aliphatic heterocycles. The predicted octanol–water partition coefficient (Wildman–Crippen LogP) is 1.84. The summed E-state index contributed by atoms with van der Waals surface area (Å²) in [4.78, 5) is 0. The summed E-state index contributed by atoms with van der Waals surface area (Å²) in [5.41, 5.74) is 0.869. The van der Waals surface area contributed by atoms with Gasteiger partial charge in [-0.2, -0.15) is 0 Å². The Morgan fingerprint density at radius 3 is 2.94 bits per heavy atom. The standard InChI is InChI=1S/C15H18O3/c16-8-2-4-13-3-1-5-15(11-13)18-12-14-6-9-17-10-7-14/h1,3,5,11,14,16H,6-10,12H2. The van der Waals surface area contributed by atoms with Crippen LogP contribution in [0, 0.1) is 17.8 Å². The highest BCUT2D eigenvalue weighted by atomic mass is 16.5. The first-order valence-corrected chi connectivity index (χ1v) is 6.29. The summed E-state index contributed by atoms with van der Waals surface area (Å²) in [6, 6.07) is 7.66. The van der Waals surface area contributed by atoms with Crippen LogP contribution in [0.5, 0.6) is 5.75 Å². The molecule has 0 radical (unpaired) electrons. The van der Waals surface area contributed by atoms with Gasteiger partial charge in [-0.1, -0.05) is 17.9 Å². The molecule has 1 N–H and O–H groups in total. The number of benzene rings is 1. The van der Waals surface area contributed by atoms with Crippen molar-refractivity contribution in [2.75, 3.05) is 26.4 Å². The molecule has 1 fully saturated rings. The van der Waals surface area contributed by atoms with E-state index in [1.807, 2.05) is 24.3 Å². The molecule has 96 valence electrons. The average molecular weight is 246 g/mol. The maximum atomic E-state index is 8.65. The van der Waals surface area contributed by atoms with Gasteiger partial charge < -0.3 is 14.6 Å². The largest absolute Gasteiger partial charge is 0.493 e. The van der Waals surface area contributed by atoms with Crippen LogP contribution < -0.4 is 4.74 Å².